The van der Waals surface area contributed by atoms with Crippen molar-refractivity contribution in [2.45, 2.75) is 69.9 Å². The van der Waals surface area contributed by atoms with Crippen LogP contribution in [0.25, 0.3) is 0 Å². The second-order valence-corrected chi connectivity index (χ2v) is 7.25. The number of anilines is 1. The second-order valence-electron chi connectivity index (χ2n) is 7.25. The number of aliphatic hydroxyl groups excluding tert-OH is 1. The molecule has 0 aromatic heterocycles. The van der Waals surface area contributed by atoms with Gasteiger partial charge < -0.3 is 16.2 Å². The first-order valence-corrected chi connectivity index (χ1v) is 8.15. The molecule has 0 atom stereocenters. The monoisotopic (exact) mass is 290 g/mol. The lowest BCUT2D eigenvalue weighted by molar-refractivity contribution is 0.152. The molecule has 1 aliphatic carbocycles. The molecule has 3 nitrogen and oxygen atoms in total. The van der Waals surface area contributed by atoms with Crippen molar-refractivity contribution in [2.75, 3.05) is 11.9 Å². The predicted molar refractivity (Wildman–Crippen MR) is 89.6 cm³/mol. The van der Waals surface area contributed by atoms with Crippen LogP contribution in [0.4, 0.5) is 5.69 Å². The molecule has 0 saturated heterocycles. The van der Waals surface area contributed by atoms with E-state index in [1.807, 2.05) is 0 Å². The van der Waals surface area contributed by atoms with E-state index in [9.17, 15) is 5.11 Å². The Hall–Kier alpha value is -1.06. The average molecular weight is 290 g/mol. The maximum Gasteiger partial charge on any atom is 0.0611 e. The summed E-state index contributed by atoms with van der Waals surface area (Å²) in [6, 6.07) is 9.30. The lowest BCUT2D eigenvalue weighted by atomic mass is 9.80. The third kappa shape index (κ3) is 3.98. The van der Waals surface area contributed by atoms with Crippen LogP contribution in [0.1, 0.15) is 58.4 Å². The summed E-state index contributed by atoms with van der Waals surface area (Å²) in [5.74, 6) is 0. The van der Waals surface area contributed by atoms with Gasteiger partial charge in [-0.2, -0.15) is 0 Å². The Balaban J connectivity index is 1.93. The lowest BCUT2D eigenvalue weighted by Gasteiger charge is -2.36. The Morgan fingerprint density at radius 1 is 1.24 bits per heavy atom. The SMILES string of the molecule is CCC(C)(C)c1ccc(NC2CCC(N)(CO)CC2)cc1. The number of hydrogen-bond acceptors (Lipinski definition) is 3. The van der Waals surface area contributed by atoms with Crippen molar-refractivity contribution >= 4 is 5.69 Å². The molecular formula is C18H30N2O. The van der Waals surface area contributed by atoms with Gasteiger partial charge in [0.05, 0.1) is 6.61 Å². The molecule has 0 radical (unpaired) electrons. The zero-order valence-electron chi connectivity index (χ0n) is 13.7. The van der Waals surface area contributed by atoms with E-state index >= 15 is 0 Å². The van der Waals surface area contributed by atoms with Crippen molar-refractivity contribution in [3.8, 4) is 0 Å². The van der Waals surface area contributed by atoms with Crippen molar-refractivity contribution in [3.63, 3.8) is 0 Å². The van der Waals surface area contributed by atoms with Gasteiger partial charge in [0.25, 0.3) is 0 Å². The van der Waals surface area contributed by atoms with E-state index in [1.165, 1.54) is 11.3 Å². The normalized spacial score (nSPS) is 26.6. The maximum absolute atomic E-state index is 9.31. The minimum Gasteiger partial charge on any atom is -0.394 e. The molecule has 1 fully saturated rings. The van der Waals surface area contributed by atoms with E-state index < -0.39 is 0 Å². The van der Waals surface area contributed by atoms with E-state index in [0.29, 0.717) is 6.04 Å². The van der Waals surface area contributed by atoms with Gasteiger partial charge in [-0.3, -0.25) is 0 Å². The fraction of sp³-hybridized carbons (Fsp3) is 0.667. The van der Waals surface area contributed by atoms with Crippen LogP contribution in [0, 0.1) is 0 Å². The van der Waals surface area contributed by atoms with Gasteiger partial charge in [0.1, 0.15) is 0 Å². The van der Waals surface area contributed by atoms with Gasteiger partial charge in [-0.15, -0.1) is 0 Å². The fourth-order valence-corrected chi connectivity index (χ4v) is 2.95. The summed E-state index contributed by atoms with van der Waals surface area (Å²) in [6.45, 7) is 6.90. The largest absolute Gasteiger partial charge is 0.394 e. The lowest BCUT2D eigenvalue weighted by Crippen LogP contribution is -2.48. The number of benzene rings is 1. The molecule has 0 unspecified atom stereocenters. The fourth-order valence-electron chi connectivity index (χ4n) is 2.95. The van der Waals surface area contributed by atoms with Crippen LogP contribution in [0.15, 0.2) is 24.3 Å². The Morgan fingerprint density at radius 3 is 2.29 bits per heavy atom. The van der Waals surface area contributed by atoms with E-state index in [4.69, 9.17) is 5.73 Å². The zero-order valence-corrected chi connectivity index (χ0v) is 13.7. The molecule has 0 heterocycles. The summed E-state index contributed by atoms with van der Waals surface area (Å²) in [6.07, 6.45) is 4.98. The highest BCUT2D eigenvalue weighted by molar-refractivity contribution is 5.46. The topological polar surface area (TPSA) is 58.3 Å². The summed E-state index contributed by atoms with van der Waals surface area (Å²) in [5.41, 5.74) is 8.58. The third-order valence-corrected chi connectivity index (χ3v) is 5.22. The quantitative estimate of drug-likeness (QED) is 0.779. The van der Waals surface area contributed by atoms with E-state index in [-0.39, 0.29) is 17.6 Å². The van der Waals surface area contributed by atoms with E-state index in [1.54, 1.807) is 0 Å². The van der Waals surface area contributed by atoms with Gasteiger partial charge in [-0.25, -0.2) is 0 Å². The van der Waals surface area contributed by atoms with Crippen LogP contribution < -0.4 is 11.1 Å². The number of nitrogens with one attached hydrogen (secondary N) is 1. The zero-order chi connectivity index (χ0) is 15.5. The summed E-state index contributed by atoms with van der Waals surface area (Å²) in [7, 11) is 0. The van der Waals surface area contributed by atoms with Crippen LogP contribution in [-0.2, 0) is 5.41 Å². The van der Waals surface area contributed by atoms with E-state index in [0.717, 1.165) is 32.1 Å². The molecule has 0 amide bonds. The minimum absolute atomic E-state index is 0.0977. The molecule has 1 saturated carbocycles. The highest BCUT2D eigenvalue weighted by Gasteiger charge is 2.30. The Bertz CT molecular complexity index is 445. The second kappa shape index (κ2) is 6.37. The molecule has 21 heavy (non-hydrogen) atoms. The smallest absolute Gasteiger partial charge is 0.0611 e. The predicted octanol–water partition coefficient (Wildman–Crippen LogP) is 3.42. The first-order valence-electron chi connectivity index (χ1n) is 8.15. The summed E-state index contributed by atoms with van der Waals surface area (Å²) in [4.78, 5) is 0. The number of hydrogen-bond donors (Lipinski definition) is 3. The highest BCUT2D eigenvalue weighted by Crippen LogP contribution is 2.30. The third-order valence-electron chi connectivity index (χ3n) is 5.22. The van der Waals surface area contributed by atoms with Gasteiger partial charge in [0, 0.05) is 17.3 Å². The molecule has 1 aromatic rings. The standard InChI is InChI=1S/C18H30N2O/c1-4-17(2,3)14-5-7-15(8-6-14)20-16-9-11-18(19,13-21)12-10-16/h5-8,16,20-21H,4,9-13,19H2,1-3H3. The maximum atomic E-state index is 9.31. The molecule has 118 valence electrons. The first-order chi connectivity index (χ1) is 9.88. The van der Waals surface area contributed by atoms with Gasteiger partial charge in [-0.05, 0) is 55.2 Å². The van der Waals surface area contributed by atoms with Gasteiger partial charge in [-0.1, -0.05) is 32.9 Å². The Kier molecular flexibility index (Phi) is 4.95. The van der Waals surface area contributed by atoms with Crippen molar-refractivity contribution in [1.29, 1.82) is 0 Å². The summed E-state index contributed by atoms with van der Waals surface area (Å²) in [5, 5.41) is 12.9. The number of rotatable bonds is 5. The molecule has 3 heteroatoms. The Morgan fingerprint density at radius 2 is 1.81 bits per heavy atom. The van der Waals surface area contributed by atoms with Crippen LogP contribution in [-0.4, -0.2) is 23.3 Å². The van der Waals surface area contributed by atoms with Gasteiger partial charge in [0.15, 0.2) is 0 Å². The summed E-state index contributed by atoms with van der Waals surface area (Å²) < 4.78 is 0. The van der Waals surface area contributed by atoms with Crippen molar-refractivity contribution < 1.29 is 5.11 Å². The number of nitrogens with two attached hydrogens (primary N) is 1. The van der Waals surface area contributed by atoms with Crippen molar-refractivity contribution in [3.05, 3.63) is 29.8 Å². The van der Waals surface area contributed by atoms with Crippen LogP contribution in [0.3, 0.4) is 0 Å². The first kappa shape index (κ1) is 16.3. The molecule has 1 aliphatic rings. The van der Waals surface area contributed by atoms with Crippen LogP contribution in [0.5, 0.6) is 0 Å². The van der Waals surface area contributed by atoms with Gasteiger partial charge in [0.2, 0.25) is 0 Å². The van der Waals surface area contributed by atoms with Crippen LogP contribution in [0.2, 0.25) is 0 Å². The van der Waals surface area contributed by atoms with Crippen molar-refractivity contribution in [1.82, 2.24) is 0 Å². The molecule has 4 N–H and O–H groups in total. The van der Waals surface area contributed by atoms with E-state index in [2.05, 4.69) is 50.4 Å². The van der Waals surface area contributed by atoms with Gasteiger partial charge >= 0.3 is 0 Å². The minimum atomic E-state index is -0.354. The molecule has 0 bridgehead atoms. The molecule has 1 aromatic carbocycles. The Labute approximate surface area is 128 Å². The average Bonchev–Trinajstić information content (AvgIpc) is 2.50. The van der Waals surface area contributed by atoms with Crippen LogP contribution >= 0.6 is 0 Å². The highest BCUT2D eigenvalue weighted by atomic mass is 16.3. The number of aliphatic hydroxyl groups is 1. The summed E-state index contributed by atoms with van der Waals surface area (Å²) >= 11 is 0. The molecule has 0 aliphatic heterocycles. The molecular weight excluding hydrogens is 260 g/mol. The van der Waals surface area contributed by atoms with Crippen molar-refractivity contribution in [2.24, 2.45) is 5.73 Å². The molecule has 0 spiro atoms. The molecule has 2 rings (SSSR count).